The van der Waals surface area contributed by atoms with Gasteiger partial charge in [-0.2, -0.15) is 0 Å². The van der Waals surface area contributed by atoms with E-state index in [0.717, 1.165) is 35.0 Å². The molecule has 0 spiro atoms. The molecule has 4 rings (SSSR count). The molecule has 0 aliphatic heterocycles. The Hall–Kier alpha value is 0. The van der Waals surface area contributed by atoms with Crippen molar-refractivity contribution in [1.29, 1.82) is 0 Å². The lowest BCUT2D eigenvalue weighted by Crippen LogP contribution is -2.58. The summed E-state index contributed by atoms with van der Waals surface area (Å²) in [7, 11) is 0. The second-order valence-electron chi connectivity index (χ2n) is 6.67. The first-order valence-electron chi connectivity index (χ1n) is 6.63. The lowest BCUT2D eigenvalue weighted by atomic mass is 9.39. The molecule has 2 bridgehead atoms. The van der Waals surface area contributed by atoms with Crippen LogP contribution in [0, 0.1) is 35.0 Å². The molecule has 0 heteroatoms. The SMILES string of the molecule is CC1CC(C2CCC2)C2(C)CC1C2C. The average molecular weight is 192 g/mol. The van der Waals surface area contributed by atoms with E-state index in [1.54, 1.807) is 25.7 Å². The molecule has 4 aliphatic rings. The summed E-state index contributed by atoms with van der Waals surface area (Å²) in [5.74, 6) is 5.34. The van der Waals surface area contributed by atoms with Gasteiger partial charge in [0.25, 0.3) is 0 Å². The summed E-state index contributed by atoms with van der Waals surface area (Å²) >= 11 is 0. The maximum atomic E-state index is 2.59. The Morgan fingerprint density at radius 2 is 1.86 bits per heavy atom. The summed E-state index contributed by atoms with van der Waals surface area (Å²) in [5, 5.41) is 0. The zero-order chi connectivity index (χ0) is 9.92. The lowest BCUT2D eigenvalue weighted by molar-refractivity contribution is -0.170. The van der Waals surface area contributed by atoms with Gasteiger partial charge in [-0.05, 0) is 47.8 Å². The Morgan fingerprint density at radius 1 is 1.14 bits per heavy atom. The van der Waals surface area contributed by atoms with Crippen LogP contribution in [0.3, 0.4) is 0 Å². The van der Waals surface area contributed by atoms with Crippen LogP contribution in [0.2, 0.25) is 0 Å². The van der Waals surface area contributed by atoms with Crippen molar-refractivity contribution in [2.24, 2.45) is 35.0 Å². The topological polar surface area (TPSA) is 0 Å². The van der Waals surface area contributed by atoms with E-state index >= 15 is 0 Å². The van der Waals surface area contributed by atoms with Gasteiger partial charge in [-0.1, -0.05) is 40.0 Å². The molecule has 5 unspecified atom stereocenters. The molecule has 14 heavy (non-hydrogen) atoms. The van der Waals surface area contributed by atoms with Crippen LogP contribution < -0.4 is 0 Å². The summed E-state index contributed by atoms with van der Waals surface area (Å²) in [6.07, 6.45) is 7.71. The molecule has 0 N–H and O–H groups in total. The highest BCUT2D eigenvalue weighted by Gasteiger charge is 2.59. The molecule has 4 fully saturated rings. The minimum atomic E-state index is 0.752. The largest absolute Gasteiger partial charge is 0.0622 e. The van der Waals surface area contributed by atoms with E-state index in [9.17, 15) is 0 Å². The van der Waals surface area contributed by atoms with Crippen molar-refractivity contribution in [1.82, 2.24) is 0 Å². The number of hydrogen-bond donors (Lipinski definition) is 0. The quantitative estimate of drug-likeness (QED) is 0.586. The van der Waals surface area contributed by atoms with Crippen LogP contribution in [-0.2, 0) is 0 Å². The predicted octanol–water partition coefficient (Wildman–Crippen LogP) is 4.10. The second kappa shape index (κ2) is 2.77. The highest BCUT2D eigenvalue weighted by Crippen LogP contribution is 2.67. The molecule has 0 aromatic carbocycles. The van der Waals surface area contributed by atoms with Gasteiger partial charge in [0.1, 0.15) is 0 Å². The van der Waals surface area contributed by atoms with Crippen molar-refractivity contribution in [2.75, 3.05) is 0 Å². The molecule has 5 atom stereocenters. The molecule has 0 amide bonds. The van der Waals surface area contributed by atoms with Crippen molar-refractivity contribution < 1.29 is 0 Å². The van der Waals surface area contributed by atoms with Crippen molar-refractivity contribution in [3.8, 4) is 0 Å². The van der Waals surface area contributed by atoms with Crippen LogP contribution in [0.1, 0.15) is 52.9 Å². The summed E-state index contributed by atoms with van der Waals surface area (Å²) in [6.45, 7) is 7.62. The van der Waals surface area contributed by atoms with Crippen LogP contribution in [0.4, 0.5) is 0 Å². The Kier molecular flexibility index (Phi) is 1.83. The van der Waals surface area contributed by atoms with E-state index in [4.69, 9.17) is 0 Å². The van der Waals surface area contributed by atoms with Crippen molar-refractivity contribution >= 4 is 0 Å². The first-order valence-corrected chi connectivity index (χ1v) is 6.63. The fourth-order valence-electron chi connectivity index (χ4n) is 4.80. The number of hydrogen-bond acceptors (Lipinski definition) is 0. The Bertz CT molecular complexity index is 240. The zero-order valence-corrected chi connectivity index (χ0v) is 9.92. The van der Waals surface area contributed by atoms with Gasteiger partial charge < -0.3 is 0 Å². The minimum absolute atomic E-state index is 0.752. The molecule has 0 aromatic rings. The van der Waals surface area contributed by atoms with Gasteiger partial charge in [0, 0.05) is 0 Å². The van der Waals surface area contributed by atoms with Gasteiger partial charge in [-0.15, -0.1) is 0 Å². The molecule has 4 aliphatic carbocycles. The van der Waals surface area contributed by atoms with Gasteiger partial charge in [0.2, 0.25) is 0 Å². The Labute approximate surface area is 88.5 Å². The third kappa shape index (κ3) is 0.955. The highest BCUT2D eigenvalue weighted by atomic mass is 14.6. The van der Waals surface area contributed by atoms with Crippen LogP contribution in [0.5, 0.6) is 0 Å². The summed E-state index contributed by atoms with van der Waals surface area (Å²) in [6, 6.07) is 0. The Morgan fingerprint density at radius 3 is 2.36 bits per heavy atom. The average Bonchev–Trinajstić information content (AvgIpc) is 2.06. The molecule has 80 valence electrons. The van der Waals surface area contributed by atoms with Crippen molar-refractivity contribution in [3.05, 3.63) is 0 Å². The second-order valence-corrected chi connectivity index (χ2v) is 6.67. The third-order valence-corrected chi connectivity index (χ3v) is 6.28. The fraction of sp³-hybridized carbons (Fsp3) is 1.00. The van der Waals surface area contributed by atoms with E-state index in [1.807, 2.05) is 0 Å². The molecule has 0 heterocycles. The van der Waals surface area contributed by atoms with Crippen molar-refractivity contribution in [3.63, 3.8) is 0 Å². The molecule has 4 saturated carbocycles. The summed E-state index contributed by atoms with van der Waals surface area (Å²) in [4.78, 5) is 0. The van der Waals surface area contributed by atoms with Crippen LogP contribution >= 0.6 is 0 Å². The molecular weight excluding hydrogens is 168 g/mol. The summed E-state index contributed by atoms with van der Waals surface area (Å²) in [5.41, 5.74) is 0.752. The maximum Gasteiger partial charge on any atom is -0.0264 e. The van der Waals surface area contributed by atoms with Gasteiger partial charge in [0.15, 0.2) is 0 Å². The van der Waals surface area contributed by atoms with Crippen LogP contribution in [0.15, 0.2) is 0 Å². The molecule has 0 aromatic heterocycles. The number of fused-ring (bicyclic) bond motifs is 2. The van der Waals surface area contributed by atoms with E-state index in [1.165, 1.54) is 6.42 Å². The number of rotatable bonds is 1. The standard InChI is InChI=1S/C14H24/c1-9-7-13(11-5-4-6-11)14(3)8-12(9)10(14)2/h9-13H,4-8H2,1-3H3. The molecule has 0 nitrogen and oxygen atoms in total. The lowest BCUT2D eigenvalue weighted by Gasteiger charge is -2.66. The van der Waals surface area contributed by atoms with Crippen LogP contribution in [0.25, 0.3) is 0 Å². The van der Waals surface area contributed by atoms with Crippen LogP contribution in [-0.4, -0.2) is 0 Å². The predicted molar refractivity (Wildman–Crippen MR) is 60.0 cm³/mol. The van der Waals surface area contributed by atoms with Gasteiger partial charge in [-0.3, -0.25) is 0 Å². The third-order valence-electron chi connectivity index (χ3n) is 6.28. The van der Waals surface area contributed by atoms with E-state index < -0.39 is 0 Å². The first-order chi connectivity index (χ1) is 6.63. The molecule has 0 saturated heterocycles. The maximum absolute atomic E-state index is 2.59. The Balaban J connectivity index is 1.82. The van der Waals surface area contributed by atoms with Crippen molar-refractivity contribution in [2.45, 2.75) is 52.9 Å². The normalized spacial score (nSPS) is 57.6. The molecule has 0 radical (unpaired) electrons. The highest BCUT2D eigenvalue weighted by molar-refractivity contribution is 5.08. The molecular formula is C14H24. The monoisotopic (exact) mass is 192 g/mol. The van der Waals surface area contributed by atoms with E-state index in [0.29, 0.717) is 0 Å². The fourth-order valence-corrected chi connectivity index (χ4v) is 4.80. The van der Waals surface area contributed by atoms with E-state index in [2.05, 4.69) is 20.8 Å². The van der Waals surface area contributed by atoms with Gasteiger partial charge >= 0.3 is 0 Å². The first kappa shape index (κ1) is 9.24. The van der Waals surface area contributed by atoms with E-state index in [-0.39, 0.29) is 0 Å². The van der Waals surface area contributed by atoms with Gasteiger partial charge in [-0.25, -0.2) is 0 Å². The smallest absolute Gasteiger partial charge is 0.0264 e. The summed E-state index contributed by atoms with van der Waals surface area (Å²) < 4.78 is 0. The zero-order valence-electron chi connectivity index (χ0n) is 9.92. The van der Waals surface area contributed by atoms with Gasteiger partial charge in [0.05, 0.1) is 0 Å². The minimum Gasteiger partial charge on any atom is -0.0622 e.